The fourth-order valence-electron chi connectivity index (χ4n) is 2.90. The van der Waals surface area contributed by atoms with Crippen LogP contribution in [0.2, 0.25) is 0 Å². The van der Waals surface area contributed by atoms with Gasteiger partial charge in [0, 0.05) is 38.3 Å². The zero-order valence-electron chi connectivity index (χ0n) is 12.8. The van der Waals surface area contributed by atoms with E-state index in [2.05, 4.69) is 11.5 Å². The Hall–Kier alpha value is -2.01. The van der Waals surface area contributed by atoms with Crippen molar-refractivity contribution in [2.45, 2.75) is 6.42 Å². The number of hydrogen-bond donors (Lipinski definition) is 0. The molecule has 0 saturated carbocycles. The monoisotopic (exact) mass is 302 g/mol. The van der Waals surface area contributed by atoms with Crippen molar-refractivity contribution in [3.05, 3.63) is 36.4 Å². The molecule has 0 bridgehead atoms. The van der Waals surface area contributed by atoms with Gasteiger partial charge in [0.05, 0.1) is 0 Å². The van der Waals surface area contributed by atoms with E-state index >= 15 is 0 Å². The Morgan fingerprint density at radius 2 is 1.95 bits per heavy atom. The summed E-state index contributed by atoms with van der Waals surface area (Å²) in [6.45, 7) is 9.20. The minimum Gasteiger partial charge on any atom is -0.486 e. The van der Waals surface area contributed by atoms with E-state index in [1.165, 1.54) is 0 Å². The van der Waals surface area contributed by atoms with Gasteiger partial charge in [0.15, 0.2) is 11.5 Å². The van der Waals surface area contributed by atoms with Crippen molar-refractivity contribution in [2.75, 3.05) is 45.9 Å². The average molecular weight is 302 g/mol. The van der Waals surface area contributed by atoms with Crippen molar-refractivity contribution in [3.63, 3.8) is 0 Å². The normalized spacial score (nSPS) is 18.6. The van der Waals surface area contributed by atoms with Crippen molar-refractivity contribution >= 4 is 5.91 Å². The maximum Gasteiger partial charge on any atom is 0.254 e. The molecule has 0 spiro atoms. The first-order chi connectivity index (χ1) is 10.8. The Labute approximate surface area is 131 Å². The summed E-state index contributed by atoms with van der Waals surface area (Å²) in [5.74, 6) is 1.45. The summed E-state index contributed by atoms with van der Waals surface area (Å²) in [6, 6.07) is 5.44. The topological polar surface area (TPSA) is 42.0 Å². The van der Waals surface area contributed by atoms with Gasteiger partial charge in [0.25, 0.3) is 5.91 Å². The van der Waals surface area contributed by atoms with E-state index in [1.807, 2.05) is 23.1 Å². The van der Waals surface area contributed by atoms with E-state index in [9.17, 15) is 4.79 Å². The number of amides is 1. The number of carbonyl (C=O) groups excluding carboxylic acids is 1. The van der Waals surface area contributed by atoms with Gasteiger partial charge in [0.1, 0.15) is 13.2 Å². The molecule has 5 nitrogen and oxygen atoms in total. The van der Waals surface area contributed by atoms with Crippen molar-refractivity contribution in [3.8, 4) is 11.5 Å². The van der Waals surface area contributed by atoms with Gasteiger partial charge in [-0.3, -0.25) is 9.69 Å². The predicted octanol–water partition coefficient (Wildman–Crippen LogP) is 1.79. The molecule has 0 aromatic heterocycles. The van der Waals surface area contributed by atoms with Crippen LogP contribution in [0.15, 0.2) is 30.9 Å². The van der Waals surface area contributed by atoms with Crippen LogP contribution in [0.3, 0.4) is 0 Å². The minimum atomic E-state index is 0.0671. The maximum atomic E-state index is 12.7. The van der Waals surface area contributed by atoms with E-state index < -0.39 is 0 Å². The molecule has 118 valence electrons. The third kappa shape index (κ3) is 3.25. The number of hydrogen-bond acceptors (Lipinski definition) is 4. The van der Waals surface area contributed by atoms with Gasteiger partial charge in [-0.1, -0.05) is 6.08 Å². The molecular weight excluding hydrogens is 280 g/mol. The second kappa shape index (κ2) is 6.83. The molecule has 0 atom stereocenters. The number of ether oxygens (including phenoxy) is 2. The zero-order chi connectivity index (χ0) is 15.4. The van der Waals surface area contributed by atoms with Gasteiger partial charge >= 0.3 is 0 Å². The lowest BCUT2D eigenvalue weighted by molar-refractivity contribution is 0.0761. The van der Waals surface area contributed by atoms with Crippen LogP contribution in [0.25, 0.3) is 0 Å². The molecule has 5 heteroatoms. The van der Waals surface area contributed by atoms with E-state index in [1.54, 1.807) is 6.07 Å². The molecule has 2 aliphatic rings. The molecule has 1 aromatic carbocycles. The standard InChI is InChI=1S/C17H22N2O3/c1-2-6-18-7-3-8-19(10-9-18)17(20)14-4-5-15-16(13-14)22-12-11-21-15/h2,4-5,13H,1,3,6-12H2. The first-order valence-electron chi connectivity index (χ1n) is 7.80. The van der Waals surface area contributed by atoms with Gasteiger partial charge in [-0.25, -0.2) is 0 Å². The third-order valence-corrected chi connectivity index (χ3v) is 4.05. The molecule has 1 amide bonds. The summed E-state index contributed by atoms with van der Waals surface area (Å²) in [5.41, 5.74) is 0.668. The predicted molar refractivity (Wildman–Crippen MR) is 84.6 cm³/mol. The lowest BCUT2D eigenvalue weighted by Gasteiger charge is -2.23. The fourth-order valence-corrected chi connectivity index (χ4v) is 2.90. The van der Waals surface area contributed by atoms with Crippen molar-refractivity contribution in [1.29, 1.82) is 0 Å². The van der Waals surface area contributed by atoms with E-state index in [4.69, 9.17) is 9.47 Å². The molecule has 0 N–H and O–H groups in total. The third-order valence-electron chi connectivity index (χ3n) is 4.05. The molecule has 2 heterocycles. The Morgan fingerprint density at radius 1 is 1.14 bits per heavy atom. The fraction of sp³-hybridized carbons (Fsp3) is 0.471. The molecule has 22 heavy (non-hydrogen) atoms. The molecule has 1 saturated heterocycles. The Balaban J connectivity index is 1.69. The summed E-state index contributed by atoms with van der Waals surface area (Å²) in [4.78, 5) is 16.9. The van der Waals surface area contributed by atoms with Crippen LogP contribution < -0.4 is 9.47 Å². The highest BCUT2D eigenvalue weighted by molar-refractivity contribution is 5.95. The molecule has 0 unspecified atom stereocenters. The van der Waals surface area contributed by atoms with Gasteiger partial charge in [-0.05, 0) is 24.6 Å². The number of benzene rings is 1. The van der Waals surface area contributed by atoms with E-state index in [0.717, 1.165) is 44.9 Å². The lowest BCUT2D eigenvalue weighted by atomic mass is 10.1. The molecule has 0 aliphatic carbocycles. The van der Waals surface area contributed by atoms with Crippen LogP contribution in [-0.4, -0.2) is 61.6 Å². The summed E-state index contributed by atoms with van der Waals surface area (Å²) >= 11 is 0. The molecular formula is C17H22N2O3. The average Bonchev–Trinajstić information content (AvgIpc) is 2.80. The maximum absolute atomic E-state index is 12.7. The smallest absolute Gasteiger partial charge is 0.254 e. The van der Waals surface area contributed by atoms with Gasteiger partial charge in [0.2, 0.25) is 0 Å². The Bertz CT molecular complexity index is 559. The highest BCUT2D eigenvalue weighted by Crippen LogP contribution is 2.31. The molecule has 1 fully saturated rings. The van der Waals surface area contributed by atoms with Crippen LogP contribution in [0.5, 0.6) is 11.5 Å². The lowest BCUT2D eigenvalue weighted by Crippen LogP contribution is -2.35. The highest BCUT2D eigenvalue weighted by atomic mass is 16.6. The summed E-state index contributed by atoms with van der Waals surface area (Å²) in [5, 5.41) is 0. The summed E-state index contributed by atoms with van der Waals surface area (Å²) < 4.78 is 11.1. The van der Waals surface area contributed by atoms with Crippen molar-refractivity contribution < 1.29 is 14.3 Å². The van der Waals surface area contributed by atoms with Gasteiger partial charge in [-0.2, -0.15) is 0 Å². The van der Waals surface area contributed by atoms with Crippen LogP contribution in [0.1, 0.15) is 16.8 Å². The van der Waals surface area contributed by atoms with Crippen LogP contribution in [0.4, 0.5) is 0 Å². The number of nitrogens with zero attached hydrogens (tertiary/aromatic N) is 2. The largest absolute Gasteiger partial charge is 0.486 e. The van der Waals surface area contributed by atoms with E-state index in [-0.39, 0.29) is 5.91 Å². The van der Waals surface area contributed by atoms with Gasteiger partial charge in [-0.15, -0.1) is 6.58 Å². The quantitative estimate of drug-likeness (QED) is 0.798. The highest BCUT2D eigenvalue weighted by Gasteiger charge is 2.21. The van der Waals surface area contributed by atoms with Crippen LogP contribution in [-0.2, 0) is 0 Å². The number of rotatable bonds is 3. The SMILES string of the molecule is C=CCN1CCCN(C(=O)c2ccc3c(c2)OCCO3)CC1. The Kier molecular flexibility index (Phi) is 4.63. The van der Waals surface area contributed by atoms with Gasteiger partial charge < -0.3 is 14.4 Å². The second-order valence-electron chi connectivity index (χ2n) is 5.59. The molecule has 1 aromatic rings. The first-order valence-corrected chi connectivity index (χ1v) is 7.80. The zero-order valence-corrected chi connectivity index (χ0v) is 12.8. The summed E-state index contributed by atoms with van der Waals surface area (Å²) in [6.07, 6.45) is 2.91. The van der Waals surface area contributed by atoms with Crippen molar-refractivity contribution in [2.24, 2.45) is 0 Å². The molecule has 2 aliphatic heterocycles. The molecule has 0 radical (unpaired) electrons. The number of carbonyl (C=O) groups is 1. The van der Waals surface area contributed by atoms with Crippen LogP contribution in [0, 0.1) is 0 Å². The Morgan fingerprint density at radius 3 is 2.77 bits per heavy atom. The van der Waals surface area contributed by atoms with E-state index in [0.29, 0.717) is 24.5 Å². The van der Waals surface area contributed by atoms with Crippen molar-refractivity contribution in [1.82, 2.24) is 9.80 Å². The summed E-state index contributed by atoms with van der Waals surface area (Å²) in [7, 11) is 0. The number of fused-ring (bicyclic) bond motifs is 1. The first kappa shape index (κ1) is 14.9. The van der Waals surface area contributed by atoms with Crippen LogP contribution >= 0.6 is 0 Å². The minimum absolute atomic E-state index is 0.0671. The second-order valence-corrected chi connectivity index (χ2v) is 5.59. The molecule has 3 rings (SSSR count).